The molecule has 0 saturated carbocycles. The van der Waals surface area contributed by atoms with Gasteiger partial charge in [-0.3, -0.25) is 4.79 Å². The predicted octanol–water partition coefficient (Wildman–Crippen LogP) is 1.45. The van der Waals surface area contributed by atoms with E-state index in [0.29, 0.717) is 25.0 Å². The van der Waals surface area contributed by atoms with Gasteiger partial charge in [0.15, 0.2) is 0 Å². The summed E-state index contributed by atoms with van der Waals surface area (Å²) in [6.07, 6.45) is 0.967. The van der Waals surface area contributed by atoms with Gasteiger partial charge >= 0.3 is 10.9 Å². The first-order chi connectivity index (χ1) is 10.2. The van der Waals surface area contributed by atoms with Crippen LogP contribution < -0.4 is 20.2 Å². The average molecular weight is 310 g/mol. The first-order valence-electron chi connectivity index (χ1n) is 6.74. The smallest absolute Gasteiger partial charge is 0.323 e. The van der Waals surface area contributed by atoms with Crippen molar-refractivity contribution in [3.8, 4) is 6.01 Å². The molecule has 0 aromatic carbocycles. The van der Waals surface area contributed by atoms with E-state index in [4.69, 9.17) is 4.74 Å². The third kappa shape index (κ3) is 4.71. The largest absolute Gasteiger partial charge is 0.464 e. The molecule has 8 nitrogen and oxygen atoms in total. The molecule has 0 bridgehead atoms. The van der Waals surface area contributed by atoms with E-state index in [1.807, 2.05) is 6.92 Å². The molecule has 3 N–H and O–H groups in total. The number of nitrogens with one attached hydrogen (secondary N) is 3. The monoisotopic (exact) mass is 310 g/mol. The van der Waals surface area contributed by atoms with Crippen LogP contribution >= 0.6 is 11.3 Å². The molecule has 0 aliphatic carbocycles. The quantitative estimate of drug-likeness (QED) is 0.677. The number of ether oxygens (including phenoxy) is 1. The van der Waals surface area contributed by atoms with Crippen molar-refractivity contribution >= 4 is 23.2 Å². The second-order valence-electron chi connectivity index (χ2n) is 4.15. The molecule has 2 aromatic rings. The molecule has 2 aromatic heterocycles. The molecule has 0 unspecified atom stereocenters. The van der Waals surface area contributed by atoms with Crippen LogP contribution in [-0.4, -0.2) is 33.1 Å². The first kappa shape index (κ1) is 15.2. The summed E-state index contributed by atoms with van der Waals surface area (Å²) in [7, 11) is 0. The van der Waals surface area contributed by atoms with Crippen LogP contribution in [0.25, 0.3) is 0 Å². The Bertz CT molecular complexity index is 626. The van der Waals surface area contributed by atoms with Crippen molar-refractivity contribution in [2.24, 2.45) is 0 Å². The van der Waals surface area contributed by atoms with Crippen molar-refractivity contribution < 1.29 is 4.74 Å². The predicted molar refractivity (Wildman–Crippen MR) is 82.0 cm³/mol. The highest BCUT2D eigenvalue weighted by Gasteiger charge is 2.07. The van der Waals surface area contributed by atoms with Crippen molar-refractivity contribution in [2.45, 2.75) is 26.8 Å². The summed E-state index contributed by atoms with van der Waals surface area (Å²) < 4.78 is 5.33. The highest BCUT2D eigenvalue weighted by atomic mass is 32.1. The van der Waals surface area contributed by atoms with Crippen LogP contribution in [0.15, 0.2) is 10.2 Å². The Hall–Kier alpha value is -2.16. The number of thiazole rings is 1. The summed E-state index contributed by atoms with van der Waals surface area (Å²) in [5, 5.41) is 7.90. The molecule has 0 aliphatic heterocycles. The second kappa shape index (κ2) is 7.58. The van der Waals surface area contributed by atoms with E-state index in [-0.39, 0.29) is 10.9 Å². The fourth-order valence-corrected chi connectivity index (χ4v) is 2.10. The van der Waals surface area contributed by atoms with Crippen LogP contribution in [0.1, 0.15) is 26.0 Å². The average Bonchev–Trinajstić information content (AvgIpc) is 2.89. The lowest BCUT2D eigenvalue weighted by atomic mass is 10.5. The zero-order valence-electron chi connectivity index (χ0n) is 12.0. The van der Waals surface area contributed by atoms with E-state index < -0.39 is 0 Å². The van der Waals surface area contributed by atoms with Crippen molar-refractivity contribution in [1.29, 1.82) is 0 Å². The second-order valence-corrected chi connectivity index (χ2v) is 4.99. The van der Waals surface area contributed by atoms with E-state index in [1.165, 1.54) is 0 Å². The van der Waals surface area contributed by atoms with Gasteiger partial charge in [-0.2, -0.15) is 15.0 Å². The van der Waals surface area contributed by atoms with Gasteiger partial charge in [-0.25, -0.2) is 0 Å². The van der Waals surface area contributed by atoms with Gasteiger partial charge in [0.25, 0.3) is 0 Å². The highest BCUT2D eigenvalue weighted by molar-refractivity contribution is 7.07. The summed E-state index contributed by atoms with van der Waals surface area (Å²) in [5.41, 5.74) is 0.784. The fourth-order valence-electron chi connectivity index (χ4n) is 1.52. The molecule has 2 heterocycles. The molecule has 0 aliphatic rings. The van der Waals surface area contributed by atoms with Crippen molar-refractivity contribution in [1.82, 2.24) is 19.9 Å². The van der Waals surface area contributed by atoms with Gasteiger partial charge in [-0.15, -0.1) is 0 Å². The van der Waals surface area contributed by atoms with Crippen LogP contribution in [-0.2, 0) is 6.54 Å². The number of aromatic amines is 1. The number of hydrogen-bond donors (Lipinski definition) is 3. The van der Waals surface area contributed by atoms with Crippen LogP contribution in [0.5, 0.6) is 6.01 Å². The zero-order valence-corrected chi connectivity index (χ0v) is 12.8. The Morgan fingerprint density at radius 2 is 2.00 bits per heavy atom. The molecule has 0 fully saturated rings. The van der Waals surface area contributed by atoms with Gasteiger partial charge in [0, 0.05) is 17.6 Å². The van der Waals surface area contributed by atoms with Crippen molar-refractivity contribution in [3.05, 3.63) is 20.7 Å². The Morgan fingerprint density at radius 3 is 2.62 bits per heavy atom. The minimum atomic E-state index is -0.0808. The molecule has 9 heteroatoms. The lowest BCUT2D eigenvalue weighted by Gasteiger charge is -2.09. The number of H-pyrrole nitrogens is 1. The van der Waals surface area contributed by atoms with E-state index >= 15 is 0 Å². The number of hydrogen-bond acceptors (Lipinski definition) is 8. The molecule has 114 valence electrons. The van der Waals surface area contributed by atoms with E-state index in [1.54, 1.807) is 5.38 Å². The summed E-state index contributed by atoms with van der Waals surface area (Å²) in [6, 6.07) is 0.271. The minimum Gasteiger partial charge on any atom is -0.464 e. The molecule has 21 heavy (non-hydrogen) atoms. The van der Waals surface area contributed by atoms with Crippen molar-refractivity contribution in [3.63, 3.8) is 0 Å². The van der Waals surface area contributed by atoms with Gasteiger partial charge in [0.2, 0.25) is 11.9 Å². The Labute approximate surface area is 126 Å². The standard InChI is InChI=1S/C12H18N6O2S/c1-3-5-13-9-16-10(18-11(17-9)20-4-2)14-6-8-7-21-12(19)15-8/h7H,3-6H2,1-2H3,(H,15,19)(H2,13,14,16,17,18). The normalized spacial score (nSPS) is 10.4. The van der Waals surface area contributed by atoms with Crippen LogP contribution in [0.2, 0.25) is 0 Å². The van der Waals surface area contributed by atoms with Crippen LogP contribution in [0.4, 0.5) is 11.9 Å². The van der Waals surface area contributed by atoms with E-state index in [2.05, 4.69) is 37.5 Å². The SMILES string of the molecule is CCCNc1nc(NCc2csc(=O)[nH]2)nc(OCC)n1. The van der Waals surface area contributed by atoms with E-state index in [9.17, 15) is 4.79 Å². The molecule has 0 spiro atoms. The Kier molecular flexibility index (Phi) is 5.50. The van der Waals surface area contributed by atoms with Gasteiger partial charge < -0.3 is 20.4 Å². The molecule has 0 amide bonds. The number of nitrogens with zero attached hydrogens (tertiary/aromatic N) is 3. The fraction of sp³-hybridized carbons (Fsp3) is 0.500. The molecule has 0 radical (unpaired) electrons. The maximum Gasteiger partial charge on any atom is 0.323 e. The Morgan fingerprint density at radius 1 is 1.24 bits per heavy atom. The molecule has 0 atom stereocenters. The maximum atomic E-state index is 11.1. The minimum absolute atomic E-state index is 0.0808. The topological polar surface area (TPSA) is 105 Å². The lowest BCUT2D eigenvalue weighted by Crippen LogP contribution is -2.12. The lowest BCUT2D eigenvalue weighted by molar-refractivity contribution is 0.312. The third-order valence-corrected chi connectivity index (χ3v) is 3.15. The van der Waals surface area contributed by atoms with Gasteiger partial charge in [0.1, 0.15) is 0 Å². The number of anilines is 2. The summed E-state index contributed by atoms with van der Waals surface area (Å²) >= 11 is 1.12. The van der Waals surface area contributed by atoms with Gasteiger partial charge in [-0.1, -0.05) is 18.3 Å². The van der Waals surface area contributed by atoms with Crippen LogP contribution in [0, 0.1) is 0 Å². The molecule has 2 rings (SSSR count). The molecular weight excluding hydrogens is 292 g/mol. The van der Waals surface area contributed by atoms with Gasteiger partial charge in [0.05, 0.1) is 13.2 Å². The maximum absolute atomic E-state index is 11.1. The number of aromatic nitrogens is 4. The van der Waals surface area contributed by atoms with Gasteiger partial charge in [-0.05, 0) is 13.3 Å². The highest BCUT2D eigenvalue weighted by Crippen LogP contribution is 2.12. The molecular formula is C12H18N6O2S. The van der Waals surface area contributed by atoms with Crippen LogP contribution in [0.3, 0.4) is 0 Å². The first-order valence-corrected chi connectivity index (χ1v) is 7.62. The summed E-state index contributed by atoms with van der Waals surface area (Å²) in [5.74, 6) is 0.871. The third-order valence-electron chi connectivity index (χ3n) is 2.43. The zero-order chi connectivity index (χ0) is 15.1. The number of rotatable bonds is 8. The summed E-state index contributed by atoms with van der Waals surface area (Å²) in [6.45, 7) is 5.61. The van der Waals surface area contributed by atoms with E-state index in [0.717, 1.165) is 30.0 Å². The summed E-state index contributed by atoms with van der Waals surface area (Å²) in [4.78, 5) is 26.3. The van der Waals surface area contributed by atoms with Crippen molar-refractivity contribution in [2.75, 3.05) is 23.8 Å². The Balaban J connectivity index is 2.08. The molecule has 0 saturated heterocycles.